The summed E-state index contributed by atoms with van der Waals surface area (Å²) in [7, 11) is 1.47. The van der Waals surface area contributed by atoms with E-state index in [9.17, 15) is 9.59 Å². The van der Waals surface area contributed by atoms with Crippen molar-refractivity contribution in [2.24, 2.45) is 11.0 Å². The van der Waals surface area contributed by atoms with E-state index < -0.39 is 17.7 Å². The van der Waals surface area contributed by atoms with Crippen molar-refractivity contribution in [1.29, 1.82) is 0 Å². The van der Waals surface area contributed by atoms with E-state index in [2.05, 4.69) is 5.10 Å². The highest BCUT2D eigenvalue weighted by molar-refractivity contribution is 6.37. The molecule has 1 saturated carbocycles. The smallest absolute Gasteiger partial charge is 0.430 e. The predicted molar refractivity (Wildman–Crippen MR) is 70.8 cm³/mol. The Labute approximate surface area is 113 Å². The zero-order chi connectivity index (χ0) is 14.6. The van der Waals surface area contributed by atoms with Crippen molar-refractivity contribution in [3.8, 4) is 0 Å². The van der Waals surface area contributed by atoms with E-state index in [4.69, 9.17) is 9.47 Å². The molecule has 0 spiro atoms. The first kappa shape index (κ1) is 15.5. The summed E-state index contributed by atoms with van der Waals surface area (Å²) in [4.78, 5) is 23.5. The van der Waals surface area contributed by atoms with E-state index in [0.717, 1.165) is 17.9 Å². The van der Waals surface area contributed by atoms with Gasteiger partial charge in [0.25, 0.3) is 0 Å². The Morgan fingerprint density at radius 1 is 1.32 bits per heavy atom. The van der Waals surface area contributed by atoms with E-state index in [1.807, 2.05) is 0 Å². The minimum absolute atomic E-state index is 0.101. The molecule has 0 aliphatic heterocycles. The lowest BCUT2D eigenvalue weighted by atomic mass is 10.2. The largest absolute Gasteiger partial charge is 0.461 e. The van der Waals surface area contributed by atoms with Gasteiger partial charge in [-0.1, -0.05) is 0 Å². The zero-order valence-electron chi connectivity index (χ0n) is 12.2. The van der Waals surface area contributed by atoms with E-state index in [0.29, 0.717) is 12.3 Å². The topological polar surface area (TPSA) is 68.2 Å². The molecule has 19 heavy (non-hydrogen) atoms. The number of esters is 1. The van der Waals surface area contributed by atoms with Crippen molar-refractivity contribution in [3.63, 3.8) is 0 Å². The van der Waals surface area contributed by atoms with Crippen LogP contribution in [-0.4, -0.2) is 42.0 Å². The Balaban J connectivity index is 2.73. The second kappa shape index (κ2) is 6.04. The van der Waals surface area contributed by atoms with Gasteiger partial charge in [0.2, 0.25) is 0 Å². The number of ether oxygens (including phenoxy) is 2. The molecular formula is C13H22N2O4. The van der Waals surface area contributed by atoms with Crippen LogP contribution < -0.4 is 0 Å². The van der Waals surface area contributed by atoms with Crippen molar-refractivity contribution in [1.82, 2.24) is 5.01 Å². The molecular weight excluding hydrogens is 248 g/mol. The number of amides is 1. The van der Waals surface area contributed by atoms with Gasteiger partial charge < -0.3 is 9.47 Å². The van der Waals surface area contributed by atoms with Crippen LogP contribution in [0, 0.1) is 5.92 Å². The quantitative estimate of drug-likeness (QED) is 0.446. The van der Waals surface area contributed by atoms with Gasteiger partial charge in [-0.2, -0.15) is 5.10 Å². The summed E-state index contributed by atoms with van der Waals surface area (Å²) in [5.74, 6) is -0.357. The Hall–Kier alpha value is -1.59. The molecule has 0 radical (unpaired) electrons. The first-order valence-corrected chi connectivity index (χ1v) is 6.47. The van der Waals surface area contributed by atoms with Crippen LogP contribution in [0.2, 0.25) is 0 Å². The summed E-state index contributed by atoms with van der Waals surface area (Å²) in [6.45, 7) is 7.35. The molecule has 1 rings (SSSR count). The molecule has 1 fully saturated rings. The highest BCUT2D eigenvalue weighted by Gasteiger charge is 2.34. The van der Waals surface area contributed by atoms with Crippen LogP contribution in [0.5, 0.6) is 0 Å². The lowest BCUT2D eigenvalue weighted by Crippen LogP contribution is -2.33. The zero-order valence-corrected chi connectivity index (χ0v) is 12.2. The molecule has 1 aliphatic carbocycles. The van der Waals surface area contributed by atoms with Gasteiger partial charge >= 0.3 is 12.1 Å². The Bertz CT molecular complexity index is 381. The average Bonchev–Trinajstić information content (AvgIpc) is 3.07. The van der Waals surface area contributed by atoms with Crippen molar-refractivity contribution in [3.05, 3.63) is 0 Å². The van der Waals surface area contributed by atoms with Gasteiger partial charge in [-0.15, -0.1) is 0 Å². The molecule has 108 valence electrons. The fourth-order valence-electron chi connectivity index (χ4n) is 1.38. The van der Waals surface area contributed by atoms with E-state index in [1.165, 1.54) is 7.05 Å². The van der Waals surface area contributed by atoms with Crippen LogP contribution in [0.3, 0.4) is 0 Å². The number of rotatable bonds is 4. The molecule has 6 heteroatoms. The van der Waals surface area contributed by atoms with E-state index >= 15 is 0 Å². The standard InChI is InChI=1S/C13H22N2O4/c1-6-18-11(16)10(9-7-8-9)14-15(5)12(17)19-13(2,3)4/h9H,6-8H2,1-5H3/b14-10+. The summed E-state index contributed by atoms with van der Waals surface area (Å²) in [6.07, 6.45) is 1.22. The van der Waals surface area contributed by atoms with Crippen molar-refractivity contribution >= 4 is 17.8 Å². The second-order valence-electron chi connectivity index (χ2n) is 5.48. The molecule has 0 aromatic rings. The summed E-state index contributed by atoms with van der Waals surface area (Å²) in [6, 6.07) is 0. The monoisotopic (exact) mass is 270 g/mol. The van der Waals surface area contributed by atoms with Crippen molar-refractivity contribution in [2.45, 2.75) is 46.1 Å². The van der Waals surface area contributed by atoms with Crippen LogP contribution in [-0.2, 0) is 14.3 Å². The number of nitrogens with zero attached hydrogens (tertiary/aromatic N) is 2. The number of carbonyl (C=O) groups is 2. The minimum Gasteiger partial charge on any atom is -0.461 e. The Morgan fingerprint density at radius 3 is 2.32 bits per heavy atom. The third kappa shape index (κ3) is 5.28. The van der Waals surface area contributed by atoms with Gasteiger partial charge in [0.15, 0.2) is 0 Å². The normalized spacial score (nSPS) is 15.9. The van der Waals surface area contributed by atoms with Crippen LogP contribution in [0.4, 0.5) is 4.79 Å². The summed E-state index contributed by atoms with van der Waals surface area (Å²) < 4.78 is 10.1. The van der Waals surface area contributed by atoms with Gasteiger partial charge in [-0.25, -0.2) is 14.6 Å². The van der Waals surface area contributed by atoms with Crippen LogP contribution >= 0.6 is 0 Å². The second-order valence-corrected chi connectivity index (χ2v) is 5.48. The lowest BCUT2D eigenvalue weighted by Gasteiger charge is -2.22. The molecule has 0 saturated heterocycles. The minimum atomic E-state index is -0.593. The van der Waals surface area contributed by atoms with Gasteiger partial charge in [-0.05, 0) is 40.5 Å². The van der Waals surface area contributed by atoms with Crippen molar-refractivity contribution < 1.29 is 19.1 Å². The maximum Gasteiger partial charge on any atom is 0.430 e. The maximum atomic E-state index is 11.8. The predicted octanol–water partition coefficient (Wildman–Crippen LogP) is 2.18. The molecule has 0 aromatic heterocycles. The van der Waals surface area contributed by atoms with Crippen LogP contribution in [0.15, 0.2) is 5.10 Å². The van der Waals surface area contributed by atoms with Gasteiger partial charge in [0, 0.05) is 13.0 Å². The molecule has 0 N–H and O–H groups in total. The number of hydrogen-bond acceptors (Lipinski definition) is 5. The third-order valence-corrected chi connectivity index (χ3v) is 2.36. The first-order chi connectivity index (χ1) is 8.74. The summed E-state index contributed by atoms with van der Waals surface area (Å²) >= 11 is 0. The van der Waals surface area contributed by atoms with Gasteiger partial charge in [0.1, 0.15) is 11.3 Å². The van der Waals surface area contributed by atoms with E-state index in [-0.39, 0.29) is 5.92 Å². The molecule has 0 bridgehead atoms. The maximum absolute atomic E-state index is 11.8. The molecule has 1 aliphatic rings. The third-order valence-electron chi connectivity index (χ3n) is 2.36. The molecule has 6 nitrogen and oxygen atoms in total. The summed E-state index contributed by atoms with van der Waals surface area (Å²) in [5.41, 5.74) is -0.292. The molecule has 0 heterocycles. The van der Waals surface area contributed by atoms with Crippen LogP contribution in [0.25, 0.3) is 0 Å². The average molecular weight is 270 g/mol. The van der Waals surface area contributed by atoms with Gasteiger partial charge in [-0.3, -0.25) is 0 Å². The Morgan fingerprint density at radius 2 is 1.89 bits per heavy atom. The molecule has 1 amide bonds. The first-order valence-electron chi connectivity index (χ1n) is 6.47. The molecule has 0 atom stereocenters. The fraction of sp³-hybridized carbons (Fsp3) is 0.769. The van der Waals surface area contributed by atoms with Crippen LogP contribution in [0.1, 0.15) is 40.5 Å². The molecule has 0 unspecified atom stereocenters. The number of carbonyl (C=O) groups excluding carboxylic acids is 2. The molecule has 0 aromatic carbocycles. The van der Waals surface area contributed by atoms with E-state index in [1.54, 1.807) is 27.7 Å². The number of hydrogen-bond donors (Lipinski definition) is 0. The highest BCUT2D eigenvalue weighted by Crippen LogP contribution is 2.31. The van der Waals surface area contributed by atoms with Crippen molar-refractivity contribution in [2.75, 3.05) is 13.7 Å². The lowest BCUT2D eigenvalue weighted by molar-refractivity contribution is -0.135. The SMILES string of the molecule is CCOC(=O)/C(=N/N(C)C(=O)OC(C)(C)C)C1CC1. The van der Waals surface area contributed by atoms with Gasteiger partial charge in [0.05, 0.1) is 6.61 Å². The fourth-order valence-corrected chi connectivity index (χ4v) is 1.38. The highest BCUT2D eigenvalue weighted by atomic mass is 16.6. The number of hydrazone groups is 1. The Kier molecular flexibility index (Phi) is 4.91. The summed E-state index contributed by atoms with van der Waals surface area (Å²) in [5, 5.41) is 5.09.